The zero-order valence-electron chi connectivity index (χ0n) is 20.8. The smallest absolute Gasteiger partial charge is 0.411 e. The lowest BCUT2D eigenvalue weighted by Gasteiger charge is -2.27. The Bertz CT molecular complexity index is 1290. The molecular formula is C28H30Cl2N2O6. The first-order valence-corrected chi connectivity index (χ1v) is 12.5. The van der Waals surface area contributed by atoms with Crippen molar-refractivity contribution in [1.29, 1.82) is 0 Å². The van der Waals surface area contributed by atoms with E-state index in [0.29, 0.717) is 23.1 Å². The quantitative estimate of drug-likeness (QED) is 0.253. The number of rotatable bonds is 9. The molecule has 0 bridgehead atoms. The summed E-state index contributed by atoms with van der Waals surface area (Å²) in [7, 11) is 0. The van der Waals surface area contributed by atoms with Crippen molar-refractivity contribution in [3.8, 4) is 11.5 Å². The second kappa shape index (κ2) is 13.5. The van der Waals surface area contributed by atoms with Gasteiger partial charge in [-0.25, -0.2) is 9.59 Å². The maximum Gasteiger partial charge on any atom is 0.411 e. The van der Waals surface area contributed by atoms with Crippen molar-refractivity contribution in [2.24, 2.45) is 0 Å². The third-order valence-electron chi connectivity index (χ3n) is 6.21. The van der Waals surface area contributed by atoms with Gasteiger partial charge in [0.25, 0.3) is 0 Å². The molecule has 0 radical (unpaired) electrons. The zero-order valence-corrected chi connectivity index (χ0v) is 22.3. The molecule has 4 rings (SSSR count). The average molecular weight is 561 g/mol. The second-order valence-corrected chi connectivity index (χ2v) is 9.25. The largest absolute Gasteiger partial charge is 0.478 e. The molecule has 3 aromatic carbocycles. The lowest BCUT2D eigenvalue weighted by Crippen LogP contribution is -2.37. The number of ether oxygens (including phenoxy) is 2. The van der Waals surface area contributed by atoms with E-state index >= 15 is 0 Å². The minimum Gasteiger partial charge on any atom is -0.478 e. The van der Waals surface area contributed by atoms with E-state index in [0.717, 1.165) is 30.4 Å². The van der Waals surface area contributed by atoms with Gasteiger partial charge in [-0.05, 0) is 85.3 Å². The normalized spacial score (nSPS) is 15.0. The molecule has 0 fully saturated rings. The van der Waals surface area contributed by atoms with Crippen molar-refractivity contribution in [2.45, 2.75) is 38.3 Å². The molecular weight excluding hydrogens is 531 g/mol. The predicted octanol–water partition coefficient (Wildman–Crippen LogP) is 6.00. The van der Waals surface area contributed by atoms with Crippen LogP contribution in [-0.4, -0.2) is 41.5 Å². The first-order chi connectivity index (χ1) is 17.8. The monoisotopic (exact) mass is 560 g/mol. The third kappa shape index (κ3) is 7.61. The number of aryl methyl sites for hydroxylation is 1. The number of carbonyl (C=O) groups is 2. The highest BCUT2D eigenvalue weighted by Crippen LogP contribution is 2.31. The topological polar surface area (TPSA) is 117 Å². The van der Waals surface area contributed by atoms with Gasteiger partial charge >= 0.3 is 12.1 Å². The molecule has 8 nitrogen and oxygen atoms in total. The van der Waals surface area contributed by atoms with E-state index in [1.807, 2.05) is 30.3 Å². The number of halogens is 2. The Morgan fingerprint density at radius 3 is 2.58 bits per heavy atom. The Morgan fingerprint density at radius 1 is 1.08 bits per heavy atom. The van der Waals surface area contributed by atoms with Crippen LogP contribution in [-0.2, 0) is 17.6 Å². The van der Waals surface area contributed by atoms with E-state index in [-0.39, 0.29) is 36.3 Å². The summed E-state index contributed by atoms with van der Waals surface area (Å²) in [5, 5.41) is 26.6. The fraction of sp³-hybridized carbons (Fsp3) is 0.286. The van der Waals surface area contributed by atoms with Gasteiger partial charge in [0, 0.05) is 17.6 Å². The number of hydrogen-bond acceptors (Lipinski definition) is 6. The summed E-state index contributed by atoms with van der Waals surface area (Å²) in [6.45, 7) is 2.25. The minimum absolute atomic E-state index is 0. The first-order valence-electron chi connectivity index (χ1n) is 12.1. The fourth-order valence-corrected chi connectivity index (χ4v) is 4.57. The average Bonchev–Trinajstić information content (AvgIpc) is 2.88. The number of nitrogens with one attached hydrogen (secondary N) is 2. The van der Waals surface area contributed by atoms with Gasteiger partial charge in [-0.1, -0.05) is 29.8 Å². The summed E-state index contributed by atoms with van der Waals surface area (Å²) >= 11 is 6.04. The highest BCUT2D eigenvalue weighted by molar-refractivity contribution is 6.30. The van der Waals surface area contributed by atoms with E-state index in [1.54, 1.807) is 25.1 Å². The van der Waals surface area contributed by atoms with Gasteiger partial charge in [0.1, 0.15) is 11.5 Å². The van der Waals surface area contributed by atoms with Crippen molar-refractivity contribution in [3.63, 3.8) is 0 Å². The summed E-state index contributed by atoms with van der Waals surface area (Å²) < 4.78 is 10.8. The molecule has 0 unspecified atom stereocenters. The highest BCUT2D eigenvalue weighted by Gasteiger charge is 2.21. The van der Waals surface area contributed by atoms with Gasteiger partial charge in [-0.2, -0.15) is 0 Å². The Morgan fingerprint density at radius 2 is 1.84 bits per heavy atom. The number of anilines is 1. The van der Waals surface area contributed by atoms with Crippen LogP contribution in [0.25, 0.3) is 0 Å². The molecule has 0 aliphatic heterocycles. The number of carboxylic acid groups (broad SMARTS) is 1. The molecule has 0 aromatic heterocycles. The summed E-state index contributed by atoms with van der Waals surface area (Å²) in [6, 6.07) is 17.7. The maximum absolute atomic E-state index is 11.7. The van der Waals surface area contributed by atoms with Crippen molar-refractivity contribution in [1.82, 2.24) is 5.32 Å². The van der Waals surface area contributed by atoms with Gasteiger partial charge in [0.15, 0.2) is 0 Å². The number of amides is 1. The summed E-state index contributed by atoms with van der Waals surface area (Å²) in [5.41, 5.74) is 3.17. The number of aromatic carboxylic acids is 1. The number of fused-ring (bicyclic) bond motifs is 1. The third-order valence-corrected chi connectivity index (χ3v) is 6.44. The Hall–Kier alpha value is -3.30. The van der Waals surface area contributed by atoms with Crippen LogP contribution in [0.3, 0.4) is 0 Å². The zero-order chi connectivity index (χ0) is 26.4. The highest BCUT2D eigenvalue weighted by atomic mass is 35.5. The number of carbonyl (C=O) groups excluding carboxylic acids is 1. The molecule has 38 heavy (non-hydrogen) atoms. The summed E-state index contributed by atoms with van der Waals surface area (Å²) in [5.74, 6) is -0.278. The standard InChI is InChI=1S/C28H29ClN2O6.ClH/c1-2-36-28(35)31-25-11-10-23(15-24(25)27(33)34)37-22-9-7-17-6-8-21(13-19(17)14-22)30-16-26(32)18-4-3-5-20(29)12-18;/h3-5,7,9-12,14-15,21,26,30,32H,2,6,8,13,16H2,1H3,(H,31,35)(H,33,34);1H/t21-,26+;/m0./s1. The Balaban J connectivity index is 0.00000400. The van der Waals surface area contributed by atoms with E-state index in [2.05, 4.69) is 10.6 Å². The summed E-state index contributed by atoms with van der Waals surface area (Å²) in [4.78, 5) is 23.4. The molecule has 1 amide bonds. The van der Waals surface area contributed by atoms with Gasteiger partial charge in [0.2, 0.25) is 0 Å². The minimum atomic E-state index is -1.20. The fourth-order valence-electron chi connectivity index (χ4n) is 4.37. The van der Waals surface area contributed by atoms with Crippen LogP contribution < -0.4 is 15.4 Å². The number of hydrogen-bond donors (Lipinski definition) is 4. The van der Waals surface area contributed by atoms with Crippen LogP contribution in [0.2, 0.25) is 5.02 Å². The lowest BCUT2D eigenvalue weighted by molar-refractivity contribution is 0.0697. The second-order valence-electron chi connectivity index (χ2n) is 8.81. The van der Waals surface area contributed by atoms with Crippen LogP contribution >= 0.6 is 24.0 Å². The van der Waals surface area contributed by atoms with E-state index in [1.165, 1.54) is 17.7 Å². The SMILES string of the molecule is CCOC(=O)Nc1ccc(Oc2ccc3c(c2)C[C@@H](NC[C@@H](O)c2cccc(Cl)c2)CC3)cc1C(=O)O.Cl. The Kier molecular flexibility index (Phi) is 10.4. The maximum atomic E-state index is 11.7. The van der Waals surface area contributed by atoms with Crippen LogP contribution in [0.15, 0.2) is 60.7 Å². The number of aliphatic hydroxyl groups excluding tert-OH is 1. The van der Waals surface area contributed by atoms with Crippen LogP contribution in [0.4, 0.5) is 10.5 Å². The van der Waals surface area contributed by atoms with Crippen molar-refractivity contribution in [2.75, 3.05) is 18.5 Å². The van der Waals surface area contributed by atoms with Crippen molar-refractivity contribution in [3.05, 3.63) is 87.9 Å². The molecule has 2 atom stereocenters. The molecule has 202 valence electrons. The number of aliphatic hydroxyl groups is 1. The van der Waals surface area contributed by atoms with Crippen LogP contribution in [0.1, 0.15) is 46.5 Å². The van der Waals surface area contributed by atoms with Gasteiger partial charge in [0.05, 0.1) is 24.0 Å². The molecule has 10 heteroatoms. The van der Waals surface area contributed by atoms with Crippen molar-refractivity contribution < 1.29 is 29.3 Å². The molecule has 4 N–H and O–H groups in total. The molecule has 3 aromatic rings. The number of benzene rings is 3. The van der Waals surface area contributed by atoms with E-state index < -0.39 is 18.2 Å². The molecule has 0 saturated heterocycles. The molecule has 0 heterocycles. The van der Waals surface area contributed by atoms with Gasteiger partial charge in [-0.3, -0.25) is 5.32 Å². The molecule has 1 aliphatic rings. The van der Waals surface area contributed by atoms with Crippen LogP contribution in [0.5, 0.6) is 11.5 Å². The van der Waals surface area contributed by atoms with Gasteiger partial charge in [-0.15, -0.1) is 12.4 Å². The molecule has 0 saturated carbocycles. The summed E-state index contributed by atoms with van der Waals surface area (Å²) in [6.07, 6.45) is 1.25. The Labute approximate surface area is 232 Å². The van der Waals surface area contributed by atoms with Crippen LogP contribution in [0, 0.1) is 0 Å². The van der Waals surface area contributed by atoms with E-state index in [9.17, 15) is 19.8 Å². The number of carboxylic acids is 1. The lowest BCUT2D eigenvalue weighted by atomic mass is 9.88. The van der Waals surface area contributed by atoms with Crippen molar-refractivity contribution >= 4 is 41.8 Å². The van der Waals surface area contributed by atoms with E-state index in [4.69, 9.17) is 21.1 Å². The molecule has 1 aliphatic carbocycles. The first kappa shape index (κ1) is 29.3. The molecule has 0 spiro atoms. The van der Waals surface area contributed by atoms with Gasteiger partial charge < -0.3 is 25.0 Å². The predicted molar refractivity (Wildman–Crippen MR) is 148 cm³/mol.